The molecule has 5 heteroatoms. The lowest BCUT2D eigenvalue weighted by molar-refractivity contribution is 0.808. The number of nitrogens with zero attached hydrogens (tertiary/aromatic N) is 2. The number of halogens is 1. The Hall–Kier alpha value is -1.81. The van der Waals surface area contributed by atoms with Crippen molar-refractivity contribution < 1.29 is 0 Å². The summed E-state index contributed by atoms with van der Waals surface area (Å²) in [5.41, 5.74) is 1.20. The van der Waals surface area contributed by atoms with E-state index in [2.05, 4.69) is 10.4 Å². The first kappa shape index (κ1) is 10.7. The Morgan fingerprint density at radius 1 is 1.31 bits per heavy atom. The summed E-state index contributed by atoms with van der Waals surface area (Å²) in [6.07, 6.45) is 1.59. The third-order valence-electron chi connectivity index (χ3n) is 2.16. The SMILES string of the molecule is CNc1cnn(-c2ccc(Cl)cc2)c(=O)c1. The molecule has 0 aliphatic heterocycles. The van der Waals surface area contributed by atoms with Gasteiger partial charge in [-0.25, -0.2) is 0 Å². The predicted molar refractivity (Wildman–Crippen MR) is 64.4 cm³/mol. The first-order chi connectivity index (χ1) is 7.70. The van der Waals surface area contributed by atoms with Crippen LogP contribution in [-0.4, -0.2) is 16.8 Å². The molecule has 0 atom stereocenters. The molecule has 1 aromatic heterocycles. The van der Waals surface area contributed by atoms with Crippen LogP contribution in [0.2, 0.25) is 5.02 Å². The Balaban J connectivity index is 2.48. The molecule has 0 saturated heterocycles. The molecule has 0 aliphatic carbocycles. The number of benzene rings is 1. The van der Waals surface area contributed by atoms with Crippen molar-refractivity contribution in [3.63, 3.8) is 0 Å². The lowest BCUT2D eigenvalue weighted by Crippen LogP contribution is -2.20. The number of hydrogen-bond donors (Lipinski definition) is 1. The van der Waals surface area contributed by atoms with Gasteiger partial charge < -0.3 is 5.32 Å². The molecular formula is C11H10ClN3O. The van der Waals surface area contributed by atoms with Crippen molar-refractivity contribution in [2.24, 2.45) is 0 Å². The summed E-state index contributed by atoms with van der Waals surface area (Å²) < 4.78 is 1.32. The van der Waals surface area contributed by atoms with Crippen LogP contribution >= 0.6 is 11.6 Å². The van der Waals surface area contributed by atoms with Crippen LogP contribution in [-0.2, 0) is 0 Å². The molecule has 0 amide bonds. The minimum absolute atomic E-state index is 0.186. The van der Waals surface area contributed by atoms with Gasteiger partial charge in [0.1, 0.15) is 0 Å². The van der Waals surface area contributed by atoms with Gasteiger partial charge in [-0.15, -0.1) is 0 Å². The van der Waals surface area contributed by atoms with Gasteiger partial charge in [0.25, 0.3) is 5.56 Å². The first-order valence-electron chi connectivity index (χ1n) is 4.74. The van der Waals surface area contributed by atoms with E-state index >= 15 is 0 Å². The molecular weight excluding hydrogens is 226 g/mol. The number of anilines is 1. The monoisotopic (exact) mass is 235 g/mol. The second kappa shape index (κ2) is 4.37. The van der Waals surface area contributed by atoms with Crippen LogP contribution in [0, 0.1) is 0 Å². The molecule has 1 aromatic carbocycles. The molecule has 1 heterocycles. The van der Waals surface area contributed by atoms with Crippen molar-refractivity contribution in [1.29, 1.82) is 0 Å². The smallest absolute Gasteiger partial charge is 0.273 e. The van der Waals surface area contributed by atoms with Gasteiger partial charge in [-0.05, 0) is 24.3 Å². The van der Waals surface area contributed by atoms with Crippen LogP contribution < -0.4 is 10.9 Å². The number of hydrogen-bond acceptors (Lipinski definition) is 3. The van der Waals surface area contributed by atoms with Crippen molar-refractivity contribution >= 4 is 17.3 Å². The highest BCUT2D eigenvalue weighted by molar-refractivity contribution is 6.30. The van der Waals surface area contributed by atoms with Crippen LogP contribution in [0.3, 0.4) is 0 Å². The quantitative estimate of drug-likeness (QED) is 0.865. The van der Waals surface area contributed by atoms with E-state index < -0.39 is 0 Å². The van der Waals surface area contributed by atoms with Gasteiger partial charge in [0.15, 0.2) is 0 Å². The number of rotatable bonds is 2. The predicted octanol–water partition coefficient (Wildman–Crippen LogP) is 1.93. The summed E-state index contributed by atoms with van der Waals surface area (Å²) >= 11 is 5.77. The summed E-state index contributed by atoms with van der Waals surface area (Å²) in [5, 5.41) is 7.53. The zero-order valence-corrected chi connectivity index (χ0v) is 9.40. The minimum Gasteiger partial charge on any atom is -0.387 e. The number of nitrogens with one attached hydrogen (secondary N) is 1. The Kier molecular flexibility index (Phi) is 2.92. The molecule has 0 fully saturated rings. The van der Waals surface area contributed by atoms with Crippen molar-refractivity contribution in [3.8, 4) is 5.69 Å². The zero-order valence-electron chi connectivity index (χ0n) is 8.64. The van der Waals surface area contributed by atoms with Crippen molar-refractivity contribution in [2.75, 3.05) is 12.4 Å². The number of aromatic nitrogens is 2. The fraction of sp³-hybridized carbons (Fsp3) is 0.0909. The fourth-order valence-electron chi connectivity index (χ4n) is 1.32. The van der Waals surface area contributed by atoms with E-state index in [4.69, 9.17) is 11.6 Å². The maximum Gasteiger partial charge on any atom is 0.273 e. The third-order valence-corrected chi connectivity index (χ3v) is 2.41. The standard InChI is InChI=1S/C11H10ClN3O/c1-13-9-6-11(16)15(14-7-9)10-4-2-8(12)3-5-10/h2-7,13H,1H3. The van der Waals surface area contributed by atoms with Gasteiger partial charge in [-0.2, -0.15) is 9.78 Å². The summed E-state index contributed by atoms with van der Waals surface area (Å²) in [5.74, 6) is 0. The van der Waals surface area contributed by atoms with Crippen molar-refractivity contribution in [2.45, 2.75) is 0 Å². The van der Waals surface area contributed by atoms with Gasteiger partial charge in [-0.3, -0.25) is 4.79 Å². The van der Waals surface area contributed by atoms with Crippen LogP contribution in [0.25, 0.3) is 5.69 Å². The Bertz CT molecular complexity index is 548. The second-order valence-electron chi connectivity index (χ2n) is 3.22. The highest BCUT2D eigenvalue weighted by Crippen LogP contribution is 2.11. The van der Waals surface area contributed by atoms with E-state index in [1.807, 2.05) is 0 Å². The van der Waals surface area contributed by atoms with Gasteiger partial charge in [0, 0.05) is 18.1 Å². The topological polar surface area (TPSA) is 46.9 Å². The normalized spacial score (nSPS) is 10.1. The van der Waals surface area contributed by atoms with Crippen LogP contribution in [0.4, 0.5) is 5.69 Å². The fourth-order valence-corrected chi connectivity index (χ4v) is 1.45. The molecule has 2 aromatic rings. The summed E-state index contributed by atoms with van der Waals surface area (Å²) in [6.45, 7) is 0. The third kappa shape index (κ3) is 2.06. The van der Waals surface area contributed by atoms with E-state index in [-0.39, 0.29) is 5.56 Å². The van der Waals surface area contributed by atoms with E-state index in [9.17, 15) is 4.79 Å². The average molecular weight is 236 g/mol. The summed E-state index contributed by atoms with van der Waals surface area (Å²) in [4.78, 5) is 11.7. The maximum atomic E-state index is 11.7. The highest BCUT2D eigenvalue weighted by atomic mass is 35.5. The molecule has 0 spiro atoms. The largest absolute Gasteiger partial charge is 0.387 e. The van der Waals surface area contributed by atoms with Gasteiger partial charge in [0.2, 0.25) is 0 Å². The molecule has 82 valence electrons. The van der Waals surface area contributed by atoms with Gasteiger partial charge in [-0.1, -0.05) is 11.6 Å². The lowest BCUT2D eigenvalue weighted by atomic mass is 10.3. The molecule has 2 rings (SSSR count). The molecule has 4 nitrogen and oxygen atoms in total. The molecule has 1 N–H and O–H groups in total. The first-order valence-corrected chi connectivity index (χ1v) is 5.11. The van der Waals surface area contributed by atoms with E-state index in [0.29, 0.717) is 16.4 Å². The molecule has 0 bridgehead atoms. The van der Waals surface area contributed by atoms with Crippen LogP contribution in [0.5, 0.6) is 0 Å². The van der Waals surface area contributed by atoms with E-state index in [1.54, 1.807) is 37.5 Å². The second-order valence-corrected chi connectivity index (χ2v) is 3.66. The Morgan fingerprint density at radius 2 is 2.00 bits per heavy atom. The Labute approximate surface area is 97.5 Å². The van der Waals surface area contributed by atoms with Gasteiger partial charge in [0.05, 0.1) is 17.6 Å². The minimum atomic E-state index is -0.186. The van der Waals surface area contributed by atoms with Crippen molar-refractivity contribution in [3.05, 3.63) is 51.9 Å². The van der Waals surface area contributed by atoms with Crippen molar-refractivity contribution in [1.82, 2.24) is 9.78 Å². The van der Waals surface area contributed by atoms with Crippen LogP contribution in [0.1, 0.15) is 0 Å². The summed E-state index contributed by atoms with van der Waals surface area (Å²) in [6, 6.07) is 8.42. The summed E-state index contributed by atoms with van der Waals surface area (Å²) in [7, 11) is 1.74. The zero-order chi connectivity index (χ0) is 11.5. The molecule has 16 heavy (non-hydrogen) atoms. The molecule has 0 saturated carbocycles. The van der Waals surface area contributed by atoms with Crippen LogP contribution in [0.15, 0.2) is 41.3 Å². The average Bonchev–Trinajstić information content (AvgIpc) is 2.30. The Morgan fingerprint density at radius 3 is 2.56 bits per heavy atom. The molecule has 0 unspecified atom stereocenters. The van der Waals surface area contributed by atoms with Gasteiger partial charge >= 0.3 is 0 Å². The highest BCUT2D eigenvalue weighted by Gasteiger charge is 2.01. The lowest BCUT2D eigenvalue weighted by Gasteiger charge is -2.05. The molecule has 0 aliphatic rings. The van der Waals surface area contributed by atoms with E-state index in [0.717, 1.165) is 0 Å². The molecule has 0 radical (unpaired) electrons. The maximum absolute atomic E-state index is 11.7. The van der Waals surface area contributed by atoms with E-state index in [1.165, 1.54) is 10.7 Å².